The number of rotatable bonds is 3. The van der Waals surface area contributed by atoms with Crippen LogP contribution in [0.1, 0.15) is 18.4 Å². The van der Waals surface area contributed by atoms with E-state index in [1.807, 2.05) is 48.5 Å². The largest absolute Gasteiger partial charge is 0.436 e. The Morgan fingerprint density at radius 3 is 2.65 bits per heavy atom. The summed E-state index contributed by atoms with van der Waals surface area (Å²) in [7, 11) is 0. The third-order valence-electron chi connectivity index (χ3n) is 3.36. The third-order valence-corrected chi connectivity index (χ3v) is 3.36. The molecule has 100 valence electrons. The Hall–Kier alpha value is -2.62. The van der Waals surface area contributed by atoms with E-state index in [4.69, 9.17) is 10.2 Å². The minimum absolute atomic E-state index is 0.343. The van der Waals surface area contributed by atoms with Crippen molar-refractivity contribution >= 4 is 17.0 Å². The highest BCUT2D eigenvalue weighted by atomic mass is 16.3. The van der Waals surface area contributed by atoms with Crippen molar-refractivity contribution < 1.29 is 9.21 Å². The highest BCUT2D eigenvalue weighted by Crippen LogP contribution is 2.26. The van der Waals surface area contributed by atoms with Crippen molar-refractivity contribution in [2.24, 2.45) is 5.73 Å². The van der Waals surface area contributed by atoms with Gasteiger partial charge in [0.05, 0.1) is 5.92 Å². The van der Waals surface area contributed by atoms with E-state index in [1.165, 1.54) is 0 Å². The van der Waals surface area contributed by atoms with Gasteiger partial charge in [-0.1, -0.05) is 24.3 Å². The van der Waals surface area contributed by atoms with Gasteiger partial charge in [0.25, 0.3) is 0 Å². The molecule has 1 aromatic heterocycles. The second-order valence-electron chi connectivity index (χ2n) is 4.74. The van der Waals surface area contributed by atoms with Crippen LogP contribution in [0.15, 0.2) is 52.9 Å². The molecule has 1 atom stereocenters. The second-order valence-corrected chi connectivity index (χ2v) is 4.74. The molecule has 1 heterocycles. The van der Waals surface area contributed by atoms with E-state index in [-0.39, 0.29) is 11.8 Å². The van der Waals surface area contributed by atoms with Gasteiger partial charge in [0.1, 0.15) is 5.52 Å². The fourth-order valence-corrected chi connectivity index (χ4v) is 2.08. The van der Waals surface area contributed by atoms with Crippen LogP contribution in [0.4, 0.5) is 0 Å². The average Bonchev–Trinajstić information content (AvgIpc) is 2.90. The molecule has 3 aromatic rings. The van der Waals surface area contributed by atoms with Crippen molar-refractivity contribution in [2.45, 2.75) is 12.8 Å². The first-order valence-corrected chi connectivity index (χ1v) is 6.40. The Bertz CT molecular complexity index is 763. The molecule has 0 radical (unpaired) electrons. The Kier molecular flexibility index (Phi) is 2.99. The number of aromatic nitrogens is 1. The summed E-state index contributed by atoms with van der Waals surface area (Å²) in [4.78, 5) is 15.7. The molecule has 3 rings (SSSR count). The maximum Gasteiger partial charge on any atom is 0.227 e. The topological polar surface area (TPSA) is 69.1 Å². The van der Waals surface area contributed by atoms with Crippen LogP contribution in [0.3, 0.4) is 0 Å². The van der Waals surface area contributed by atoms with Crippen molar-refractivity contribution in [1.82, 2.24) is 4.98 Å². The fourth-order valence-electron chi connectivity index (χ4n) is 2.08. The zero-order valence-corrected chi connectivity index (χ0v) is 11.0. The van der Waals surface area contributed by atoms with Crippen LogP contribution in [0.5, 0.6) is 0 Å². The van der Waals surface area contributed by atoms with Gasteiger partial charge in [-0.25, -0.2) is 4.98 Å². The van der Waals surface area contributed by atoms with E-state index in [9.17, 15) is 4.79 Å². The molecule has 0 fully saturated rings. The van der Waals surface area contributed by atoms with Crippen LogP contribution in [-0.2, 0) is 4.79 Å². The Morgan fingerprint density at radius 2 is 1.95 bits per heavy atom. The number of carbonyl (C=O) groups excluding carboxylic acids is 1. The number of carbonyl (C=O) groups is 1. The molecule has 0 aliphatic heterocycles. The molecule has 0 aliphatic carbocycles. The Balaban J connectivity index is 2.06. The maximum atomic E-state index is 11.2. The monoisotopic (exact) mass is 266 g/mol. The number of oxazole rings is 1. The lowest BCUT2D eigenvalue weighted by Gasteiger charge is -2.06. The lowest BCUT2D eigenvalue weighted by Crippen LogP contribution is -2.18. The van der Waals surface area contributed by atoms with E-state index in [0.717, 1.165) is 16.6 Å². The predicted octanol–water partition coefficient (Wildman–Crippen LogP) is 3.08. The zero-order chi connectivity index (χ0) is 14.1. The van der Waals surface area contributed by atoms with Gasteiger partial charge in [-0.2, -0.15) is 0 Å². The van der Waals surface area contributed by atoms with Gasteiger partial charge >= 0.3 is 0 Å². The number of fused-ring (bicyclic) bond motifs is 1. The molecular weight excluding hydrogens is 252 g/mol. The van der Waals surface area contributed by atoms with Gasteiger partial charge in [-0.3, -0.25) is 4.79 Å². The van der Waals surface area contributed by atoms with Gasteiger partial charge in [0.15, 0.2) is 5.58 Å². The Morgan fingerprint density at radius 1 is 1.20 bits per heavy atom. The highest BCUT2D eigenvalue weighted by molar-refractivity contribution is 5.84. The quantitative estimate of drug-likeness (QED) is 0.792. The van der Waals surface area contributed by atoms with E-state index < -0.39 is 0 Å². The lowest BCUT2D eigenvalue weighted by atomic mass is 10.0. The number of nitrogens with two attached hydrogens (primary N) is 1. The van der Waals surface area contributed by atoms with Crippen molar-refractivity contribution in [1.29, 1.82) is 0 Å². The summed E-state index contributed by atoms with van der Waals surface area (Å²) in [5.74, 6) is -0.124. The zero-order valence-electron chi connectivity index (χ0n) is 11.0. The summed E-state index contributed by atoms with van der Waals surface area (Å²) in [5, 5.41) is 0. The van der Waals surface area contributed by atoms with Crippen LogP contribution < -0.4 is 5.73 Å². The van der Waals surface area contributed by atoms with Crippen LogP contribution >= 0.6 is 0 Å². The van der Waals surface area contributed by atoms with Crippen LogP contribution in [-0.4, -0.2) is 10.9 Å². The fraction of sp³-hybridized carbons (Fsp3) is 0.125. The molecule has 0 unspecified atom stereocenters. The molecule has 1 amide bonds. The number of nitrogens with zero attached hydrogens (tertiary/aromatic N) is 1. The molecule has 0 bridgehead atoms. The van der Waals surface area contributed by atoms with E-state index in [0.29, 0.717) is 11.5 Å². The van der Waals surface area contributed by atoms with Crippen molar-refractivity contribution in [3.63, 3.8) is 0 Å². The smallest absolute Gasteiger partial charge is 0.227 e. The standard InChI is InChI=1S/C16H14N2O2/c1-10(15(17)19)12-7-8-13-14(9-12)20-16(18-13)11-5-3-2-4-6-11/h2-10H,1H3,(H2,17,19)/t10-/m1/s1. The predicted molar refractivity (Wildman–Crippen MR) is 77.1 cm³/mol. The van der Waals surface area contributed by atoms with Gasteiger partial charge < -0.3 is 10.2 Å². The number of primary amides is 1. The summed E-state index contributed by atoms with van der Waals surface area (Å²) in [6.07, 6.45) is 0. The maximum absolute atomic E-state index is 11.2. The summed E-state index contributed by atoms with van der Waals surface area (Å²) in [5.41, 5.74) is 8.51. The van der Waals surface area contributed by atoms with Gasteiger partial charge in [-0.05, 0) is 36.8 Å². The lowest BCUT2D eigenvalue weighted by molar-refractivity contribution is -0.119. The SMILES string of the molecule is C[C@@H](C(N)=O)c1ccc2nc(-c3ccccc3)oc2c1. The molecule has 2 aromatic carbocycles. The van der Waals surface area contributed by atoms with Crippen molar-refractivity contribution in [3.8, 4) is 11.5 Å². The van der Waals surface area contributed by atoms with Crippen LogP contribution in [0, 0.1) is 0 Å². The number of amides is 1. The van der Waals surface area contributed by atoms with Gasteiger partial charge in [0.2, 0.25) is 11.8 Å². The molecule has 20 heavy (non-hydrogen) atoms. The minimum atomic E-state index is -0.354. The molecule has 4 nitrogen and oxygen atoms in total. The number of hydrogen-bond donors (Lipinski definition) is 1. The molecule has 0 saturated heterocycles. The van der Waals surface area contributed by atoms with Gasteiger partial charge in [-0.15, -0.1) is 0 Å². The molecule has 0 aliphatic rings. The summed E-state index contributed by atoms with van der Waals surface area (Å²) < 4.78 is 5.76. The minimum Gasteiger partial charge on any atom is -0.436 e. The van der Waals surface area contributed by atoms with E-state index >= 15 is 0 Å². The summed E-state index contributed by atoms with van der Waals surface area (Å²) >= 11 is 0. The third kappa shape index (κ3) is 2.16. The van der Waals surface area contributed by atoms with Crippen molar-refractivity contribution in [3.05, 3.63) is 54.1 Å². The van der Waals surface area contributed by atoms with Gasteiger partial charge in [0, 0.05) is 5.56 Å². The average molecular weight is 266 g/mol. The molecule has 0 saturated carbocycles. The first kappa shape index (κ1) is 12.4. The van der Waals surface area contributed by atoms with E-state index in [2.05, 4.69) is 4.98 Å². The van der Waals surface area contributed by atoms with Crippen molar-refractivity contribution in [2.75, 3.05) is 0 Å². The Labute approximate surface area is 116 Å². The molecule has 4 heteroatoms. The normalized spacial score (nSPS) is 12.4. The van der Waals surface area contributed by atoms with Crippen LogP contribution in [0.25, 0.3) is 22.6 Å². The number of benzene rings is 2. The second kappa shape index (κ2) is 4.81. The summed E-state index contributed by atoms with van der Waals surface area (Å²) in [6, 6.07) is 15.2. The number of hydrogen-bond acceptors (Lipinski definition) is 3. The molecular formula is C16H14N2O2. The molecule has 2 N–H and O–H groups in total. The first-order valence-electron chi connectivity index (χ1n) is 6.40. The van der Waals surface area contributed by atoms with Crippen LogP contribution in [0.2, 0.25) is 0 Å². The van der Waals surface area contributed by atoms with E-state index in [1.54, 1.807) is 6.92 Å². The first-order chi connectivity index (χ1) is 9.65. The molecule has 0 spiro atoms. The summed E-state index contributed by atoms with van der Waals surface area (Å²) in [6.45, 7) is 1.78. The highest BCUT2D eigenvalue weighted by Gasteiger charge is 2.14.